The fourth-order valence-corrected chi connectivity index (χ4v) is 3.77. The molecule has 1 aliphatic rings. The van der Waals surface area contributed by atoms with Gasteiger partial charge in [-0.15, -0.1) is 0 Å². The largest absolute Gasteiger partial charge is 0.314 e. The average Bonchev–Trinajstić information content (AvgIpc) is 2.77. The van der Waals surface area contributed by atoms with Gasteiger partial charge in [-0.3, -0.25) is 4.68 Å². The molecule has 7 heteroatoms. The Balaban J connectivity index is 2.12. The second kappa shape index (κ2) is 5.38. The molecule has 2 atom stereocenters. The van der Waals surface area contributed by atoms with Crippen molar-refractivity contribution in [2.45, 2.75) is 50.3 Å². The van der Waals surface area contributed by atoms with Crippen LogP contribution in [0.5, 0.6) is 0 Å². The van der Waals surface area contributed by atoms with Crippen LogP contribution < -0.4 is 10.0 Å². The number of aryl methyl sites for hydroxylation is 1. The SMILES string of the molecule is CCn1nccc1S(=O)(=O)NC1CCNC(C)C1. The van der Waals surface area contributed by atoms with E-state index in [-0.39, 0.29) is 11.1 Å². The maximum Gasteiger partial charge on any atom is 0.257 e. The van der Waals surface area contributed by atoms with Gasteiger partial charge in [0.2, 0.25) is 0 Å². The molecule has 102 valence electrons. The van der Waals surface area contributed by atoms with E-state index in [9.17, 15) is 8.42 Å². The van der Waals surface area contributed by atoms with Gasteiger partial charge in [-0.1, -0.05) is 0 Å². The molecule has 6 nitrogen and oxygen atoms in total. The number of hydrogen-bond acceptors (Lipinski definition) is 4. The molecule has 2 rings (SSSR count). The standard InChI is InChI=1S/C11H20N4O2S/c1-3-15-11(5-7-13-15)18(16,17)14-10-4-6-12-9(2)8-10/h5,7,9-10,12,14H,3-4,6,8H2,1-2H3. The monoisotopic (exact) mass is 272 g/mol. The third-order valence-electron chi connectivity index (χ3n) is 3.20. The number of nitrogens with one attached hydrogen (secondary N) is 2. The summed E-state index contributed by atoms with van der Waals surface area (Å²) < 4.78 is 28.8. The first-order valence-electron chi connectivity index (χ1n) is 6.30. The van der Waals surface area contributed by atoms with Crippen molar-refractivity contribution in [3.63, 3.8) is 0 Å². The molecule has 0 saturated carbocycles. The molecular weight excluding hydrogens is 252 g/mol. The number of nitrogens with zero attached hydrogens (tertiary/aromatic N) is 2. The smallest absolute Gasteiger partial charge is 0.257 e. The molecule has 2 N–H and O–H groups in total. The van der Waals surface area contributed by atoms with Crippen molar-refractivity contribution < 1.29 is 8.42 Å². The summed E-state index contributed by atoms with van der Waals surface area (Å²) in [7, 11) is -3.46. The summed E-state index contributed by atoms with van der Waals surface area (Å²) in [5, 5.41) is 7.54. The van der Waals surface area contributed by atoms with Gasteiger partial charge in [0.1, 0.15) is 0 Å². The molecule has 1 aromatic rings. The molecule has 18 heavy (non-hydrogen) atoms. The zero-order valence-corrected chi connectivity index (χ0v) is 11.6. The van der Waals surface area contributed by atoms with Gasteiger partial charge in [-0.2, -0.15) is 5.10 Å². The van der Waals surface area contributed by atoms with Crippen LogP contribution in [-0.4, -0.2) is 36.8 Å². The molecule has 0 aromatic carbocycles. The zero-order chi connectivity index (χ0) is 13.2. The van der Waals surface area contributed by atoms with E-state index < -0.39 is 10.0 Å². The first-order chi connectivity index (χ1) is 8.53. The number of piperidine rings is 1. The fraction of sp³-hybridized carbons (Fsp3) is 0.727. The summed E-state index contributed by atoms with van der Waals surface area (Å²) in [6.07, 6.45) is 3.16. The van der Waals surface area contributed by atoms with Crippen LogP contribution in [0.1, 0.15) is 26.7 Å². The van der Waals surface area contributed by atoms with E-state index in [0.717, 1.165) is 19.4 Å². The Morgan fingerprint density at radius 2 is 2.39 bits per heavy atom. The Kier molecular flexibility index (Phi) is 4.04. The normalized spacial score (nSPS) is 25.2. The Morgan fingerprint density at radius 1 is 1.61 bits per heavy atom. The maximum absolute atomic E-state index is 12.3. The predicted octanol–water partition coefficient (Wildman–Crippen LogP) is 0.322. The first kappa shape index (κ1) is 13.5. The van der Waals surface area contributed by atoms with Crippen molar-refractivity contribution in [3.05, 3.63) is 12.3 Å². The van der Waals surface area contributed by atoms with E-state index in [4.69, 9.17) is 0 Å². The van der Waals surface area contributed by atoms with Crippen LogP contribution in [-0.2, 0) is 16.6 Å². The van der Waals surface area contributed by atoms with Crippen LogP contribution in [0.4, 0.5) is 0 Å². The van der Waals surface area contributed by atoms with E-state index in [1.54, 1.807) is 0 Å². The number of hydrogen-bond donors (Lipinski definition) is 2. The summed E-state index contributed by atoms with van der Waals surface area (Å²) in [5.41, 5.74) is 0. The van der Waals surface area contributed by atoms with Crippen LogP contribution in [0.2, 0.25) is 0 Å². The fourth-order valence-electron chi connectivity index (χ4n) is 2.31. The minimum Gasteiger partial charge on any atom is -0.314 e. The van der Waals surface area contributed by atoms with Crippen molar-refractivity contribution in [1.29, 1.82) is 0 Å². The lowest BCUT2D eigenvalue weighted by molar-refractivity contribution is 0.360. The van der Waals surface area contributed by atoms with Gasteiger partial charge < -0.3 is 5.32 Å². The Bertz CT molecular complexity index is 497. The minimum absolute atomic E-state index is 0.00598. The van der Waals surface area contributed by atoms with E-state index in [1.807, 2.05) is 6.92 Å². The molecule has 1 fully saturated rings. The van der Waals surface area contributed by atoms with E-state index in [1.165, 1.54) is 16.9 Å². The van der Waals surface area contributed by atoms with Crippen LogP contribution >= 0.6 is 0 Å². The highest BCUT2D eigenvalue weighted by atomic mass is 32.2. The van der Waals surface area contributed by atoms with Crippen molar-refractivity contribution in [2.75, 3.05) is 6.54 Å². The van der Waals surface area contributed by atoms with Gasteiger partial charge in [-0.25, -0.2) is 13.1 Å². The van der Waals surface area contributed by atoms with Gasteiger partial charge >= 0.3 is 0 Å². The zero-order valence-electron chi connectivity index (χ0n) is 10.8. The topological polar surface area (TPSA) is 76.0 Å². The third-order valence-corrected chi connectivity index (χ3v) is 4.74. The summed E-state index contributed by atoms with van der Waals surface area (Å²) in [4.78, 5) is 0. The van der Waals surface area contributed by atoms with Crippen LogP contribution in [0.15, 0.2) is 17.3 Å². The molecule has 0 aliphatic carbocycles. The highest BCUT2D eigenvalue weighted by Crippen LogP contribution is 2.13. The van der Waals surface area contributed by atoms with Gasteiger partial charge in [0, 0.05) is 18.6 Å². The van der Waals surface area contributed by atoms with Crippen LogP contribution in [0, 0.1) is 0 Å². The summed E-state index contributed by atoms with van der Waals surface area (Å²) in [5.74, 6) is 0. The average molecular weight is 272 g/mol. The van der Waals surface area contributed by atoms with E-state index in [2.05, 4.69) is 22.1 Å². The highest BCUT2D eigenvalue weighted by Gasteiger charge is 2.26. The number of sulfonamides is 1. The van der Waals surface area contributed by atoms with Gasteiger partial charge in [0.25, 0.3) is 10.0 Å². The van der Waals surface area contributed by atoms with Crippen molar-refractivity contribution >= 4 is 10.0 Å². The molecule has 1 saturated heterocycles. The summed E-state index contributed by atoms with van der Waals surface area (Å²) in [6.45, 7) is 5.34. The van der Waals surface area contributed by atoms with Crippen molar-refractivity contribution in [3.8, 4) is 0 Å². The molecule has 0 bridgehead atoms. The second-order valence-electron chi connectivity index (χ2n) is 4.68. The molecule has 0 spiro atoms. The lowest BCUT2D eigenvalue weighted by Gasteiger charge is -2.28. The summed E-state index contributed by atoms with van der Waals surface area (Å²) in [6, 6.07) is 1.89. The lowest BCUT2D eigenvalue weighted by Crippen LogP contribution is -2.46. The molecule has 2 unspecified atom stereocenters. The van der Waals surface area contributed by atoms with E-state index in [0.29, 0.717) is 12.6 Å². The Morgan fingerprint density at radius 3 is 3.06 bits per heavy atom. The van der Waals surface area contributed by atoms with Gasteiger partial charge in [-0.05, 0) is 39.3 Å². The molecule has 2 heterocycles. The number of rotatable bonds is 4. The van der Waals surface area contributed by atoms with Gasteiger partial charge in [0.15, 0.2) is 5.03 Å². The minimum atomic E-state index is -3.46. The molecular formula is C11H20N4O2S. The highest BCUT2D eigenvalue weighted by molar-refractivity contribution is 7.89. The van der Waals surface area contributed by atoms with Crippen molar-refractivity contribution in [2.24, 2.45) is 0 Å². The predicted molar refractivity (Wildman–Crippen MR) is 68.7 cm³/mol. The van der Waals surface area contributed by atoms with E-state index >= 15 is 0 Å². The summed E-state index contributed by atoms with van der Waals surface area (Å²) >= 11 is 0. The first-order valence-corrected chi connectivity index (χ1v) is 7.78. The van der Waals surface area contributed by atoms with Crippen LogP contribution in [0.3, 0.4) is 0 Å². The molecule has 1 aliphatic heterocycles. The second-order valence-corrected chi connectivity index (χ2v) is 6.34. The third kappa shape index (κ3) is 2.90. The quantitative estimate of drug-likeness (QED) is 0.828. The Hall–Kier alpha value is -0.920. The molecule has 0 radical (unpaired) electrons. The maximum atomic E-state index is 12.3. The van der Waals surface area contributed by atoms with Gasteiger partial charge in [0.05, 0.1) is 6.20 Å². The van der Waals surface area contributed by atoms with Crippen molar-refractivity contribution in [1.82, 2.24) is 19.8 Å². The number of aromatic nitrogens is 2. The molecule has 1 aromatic heterocycles. The Labute approximate surface area is 108 Å². The lowest BCUT2D eigenvalue weighted by atomic mass is 10.0. The molecule has 0 amide bonds. The van der Waals surface area contributed by atoms with Crippen LogP contribution in [0.25, 0.3) is 0 Å².